The molecule has 1 aromatic heterocycles. The number of benzene rings is 4. The molecule has 0 N–H and O–H groups in total. The van der Waals surface area contributed by atoms with Crippen molar-refractivity contribution in [2.75, 3.05) is 26.2 Å². The van der Waals surface area contributed by atoms with Crippen molar-refractivity contribution in [1.82, 2.24) is 19.4 Å². The molecule has 0 aliphatic heterocycles. The summed E-state index contributed by atoms with van der Waals surface area (Å²) in [4.78, 5) is 34.9. The number of amides is 1. The standard InChI is InChI=1S/C38H35F7N4O2/c1-3-47(4-2)19-20-48(22-24-9-16-28(31(40)21-24)25-10-14-27(15-11-25)38(43,44)45)34(50)23-49-32-8-6-5-7-29(32)37(51)46-33(49)18-13-26-12-17-30(39)36(42)35(26)41/h5-12,14-17,21H,3-4,13,18-20,22-23H2,1-2H3. The molecule has 13 heteroatoms. The van der Waals surface area contributed by atoms with Crippen LogP contribution >= 0.6 is 0 Å². The number of hydrogen-bond donors (Lipinski definition) is 0. The molecule has 1 heterocycles. The smallest absolute Gasteiger partial charge is 0.336 e. The lowest BCUT2D eigenvalue weighted by Crippen LogP contribution is -2.40. The molecule has 0 spiro atoms. The number of para-hydroxylation sites is 1. The second kappa shape index (κ2) is 15.9. The van der Waals surface area contributed by atoms with Gasteiger partial charge in [0.15, 0.2) is 17.5 Å². The predicted molar refractivity (Wildman–Crippen MR) is 180 cm³/mol. The van der Waals surface area contributed by atoms with Crippen molar-refractivity contribution >= 4 is 16.8 Å². The van der Waals surface area contributed by atoms with E-state index in [2.05, 4.69) is 9.88 Å². The Morgan fingerprint density at radius 2 is 1.51 bits per heavy atom. The van der Waals surface area contributed by atoms with Gasteiger partial charge in [-0.3, -0.25) is 9.59 Å². The van der Waals surface area contributed by atoms with Gasteiger partial charge < -0.3 is 14.4 Å². The first-order valence-corrected chi connectivity index (χ1v) is 16.4. The van der Waals surface area contributed by atoms with Crippen LogP contribution in [-0.4, -0.2) is 51.4 Å². The zero-order valence-corrected chi connectivity index (χ0v) is 27.9. The molecule has 0 radical (unpaired) electrons. The maximum Gasteiger partial charge on any atom is 0.416 e. The molecule has 51 heavy (non-hydrogen) atoms. The minimum absolute atomic E-state index is 0.00866. The molecule has 0 unspecified atom stereocenters. The maximum atomic E-state index is 15.4. The molecule has 5 aromatic rings. The second-order valence-corrected chi connectivity index (χ2v) is 12.0. The molecular weight excluding hydrogens is 677 g/mol. The Hall–Kier alpha value is -5.04. The van der Waals surface area contributed by atoms with Gasteiger partial charge in [0.25, 0.3) is 5.56 Å². The van der Waals surface area contributed by atoms with E-state index in [0.717, 1.165) is 24.3 Å². The minimum atomic E-state index is -4.53. The van der Waals surface area contributed by atoms with E-state index in [1.54, 1.807) is 30.3 Å². The van der Waals surface area contributed by atoms with E-state index >= 15 is 4.39 Å². The number of aromatic nitrogens is 2. The van der Waals surface area contributed by atoms with Crippen molar-refractivity contribution in [2.24, 2.45) is 0 Å². The van der Waals surface area contributed by atoms with Gasteiger partial charge >= 0.3 is 6.18 Å². The lowest BCUT2D eigenvalue weighted by Gasteiger charge is -2.28. The Kier molecular flexibility index (Phi) is 11.6. The van der Waals surface area contributed by atoms with Crippen LogP contribution in [0.2, 0.25) is 0 Å². The molecule has 4 aromatic carbocycles. The van der Waals surface area contributed by atoms with Crippen molar-refractivity contribution in [3.05, 3.63) is 135 Å². The number of carbonyl (C=O) groups is 1. The van der Waals surface area contributed by atoms with Crippen LogP contribution in [0.5, 0.6) is 0 Å². The summed E-state index contributed by atoms with van der Waals surface area (Å²) in [5.41, 5.74) is -0.364. The summed E-state index contributed by atoms with van der Waals surface area (Å²) in [5, 5.41) is 0.240. The highest BCUT2D eigenvalue weighted by Gasteiger charge is 2.30. The molecule has 0 atom stereocenters. The van der Waals surface area contributed by atoms with E-state index in [-0.39, 0.29) is 60.4 Å². The van der Waals surface area contributed by atoms with Crippen LogP contribution in [0, 0.1) is 23.3 Å². The lowest BCUT2D eigenvalue weighted by atomic mass is 10.0. The fraction of sp³-hybridized carbons (Fsp3) is 0.289. The van der Waals surface area contributed by atoms with Gasteiger partial charge in [0.2, 0.25) is 5.91 Å². The monoisotopic (exact) mass is 712 g/mol. The number of carbonyl (C=O) groups excluding carboxylic acids is 1. The van der Waals surface area contributed by atoms with Gasteiger partial charge in [-0.15, -0.1) is 0 Å². The Morgan fingerprint density at radius 1 is 0.804 bits per heavy atom. The number of likely N-dealkylation sites (N-methyl/N-ethyl adjacent to an activating group) is 1. The van der Waals surface area contributed by atoms with Gasteiger partial charge in [-0.1, -0.05) is 56.3 Å². The van der Waals surface area contributed by atoms with Gasteiger partial charge in [-0.25, -0.2) is 17.6 Å². The van der Waals surface area contributed by atoms with E-state index in [9.17, 15) is 35.9 Å². The normalized spacial score (nSPS) is 11.8. The molecule has 1 amide bonds. The quantitative estimate of drug-likeness (QED) is 0.0925. The zero-order valence-electron chi connectivity index (χ0n) is 27.9. The summed E-state index contributed by atoms with van der Waals surface area (Å²) in [7, 11) is 0. The fourth-order valence-electron chi connectivity index (χ4n) is 5.92. The maximum absolute atomic E-state index is 15.4. The molecular formula is C38H35F7N4O2. The van der Waals surface area contributed by atoms with E-state index < -0.39 is 46.5 Å². The van der Waals surface area contributed by atoms with Crippen LogP contribution < -0.4 is 5.56 Å². The van der Waals surface area contributed by atoms with E-state index in [0.29, 0.717) is 30.7 Å². The third-order valence-corrected chi connectivity index (χ3v) is 8.86. The van der Waals surface area contributed by atoms with Gasteiger partial charge in [0.05, 0.1) is 16.5 Å². The Labute approximate surface area is 289 Å². The molecule has 0 aliphatic carbocycles. The van der Waals surface area contributed by atoms with E-state index in [4.69, 9.17) is 0 Å². The van der Waals surface area contributed by atoms with Gasteiger partial charge in [0.1, 0.15) is 18.2 Å². The summed E-state index contributed by atoms with van der Waals surface area (Å²) in [6, 6.07) is 16.9. The fourth-order valence-corrected chi connectivity index (χ4v) is 5.92. The van der Waals surface area contributed by atoms with Gasteiger partial charge in [-0.05, 0) is 72.6 Å². The first kappa shape index (κ1) is 37.2. The van der Waals surface area contributed by atoms with E-state index in [1.807, 2.05) is 13.8 Å². The molecule has 268 valence electrons. The highest BCUT2D eigenvalue weighted by Crippen LogP contribution is 2.32. The predicted octanol–water partition coefficient (Wildman–Crippen LogP) is 7.79. The Balaban J connectivity index is 1.45. The summed E-state index contributed by atoms with van der Waals surface area (Å²) < 4.78 is 98.0. The summed E-state index contributed by atoms with van der Waals surface area (Å²) in [6.07, 6.45) is -4.75. The minimum Gasteiger partial charge on any atom is -0.336 e. The van der Waals surface area contributed by atoms with Crippen molar-refractivity contribution in [2.45, 2.75) is 46.0 Å². The number of aryl methyl sites for hydroxylation is 2. The van der Waals surface area contributed by atoms with E-state index in [1.165, 1.54) is 33.7 Å². The van der Waals surface area contributed by atoms with Crippen LogP contribution in [0.4, 0.5) is 30.7 Å². The first-order valence-electron chi connectivity index (χ1n) is 16.4. The van der Waals surface area contributed by atoms with Crippen LogP contribution in [0.1, 0.15) is 36.4 Å². The highest BCUT2D eigenvalue weighted by atomic mass is 19.4. The van der Waals surface area contributed by atoms with Crippen molar-refractivity contribution < 1.29 is 35.5 Å². The molecule has 0 fully saturated rings. The average molecular weight is 713 g/mol. The molecule has 5 rings (SSSR count). The van der Waals surface area contributed by atoms with Gasteiger partial charge in [0, 0.05) is 31.6 Å². The van der Waals surface area contributed by atoms with Crippen LogP contribution in [0.25, 0.3) is 22.0 Å². The SMILES string of the molecule is CCN(CC)CCN(Cc1ccc(-c2ccc(C(F)(F)F)cc2)c(F)c1)C(=O)Cn1c(CCc2ccc(F)c(F)c2F)nc(=O)c2ccccc21. The van der Waals surface area contributed by atoms with Crippen molar-refractivity contribution in [3.63, 3.8) is 0 Å². The first-order chi connectivity index (χ1) is 24.3. The summed E-state index contributed by atoms with van der Waals surface area (Å²) in [5.74, 6) is -5.23. The number of fused-ring (bicyclic) bond motifs is 1. The Bertz CT molecular complexity index is 2080. The third-order valence-electron chi connectivity index (χ3n) is 8.86. The molecule has 0 bridgehead atoms. The lowest BCUT2D eigenvalue weighted by molar-refractivity contribution is -0.137. The topological polar surface area (TPSA) is 58.4 Å². The molecule has 0 aliphatic rings. The Morgan fingerprint density at radius 3 is 2.18 bits per heavy atom. The third kappa shape index (κ3) is 8.65. The molecule has 6 nitrogen and oxygen atoms in total. The van der Waals surface area contributed by atoms with Crippen LogP contribution in [-0.2, 0) is 36.9 Å². The number of halogens is 7. The number of hydrogen-bond acceptors (Lipinski definition) is 4. The van der Waals surface area contributed by atoms with Crippen LogP contribution in [0.15, 0.2) is 83.7 Å². The van der Waals surface area contributed by atoms with Gasteiger partial charge in [-0.2, -0.15) is 18.2 Å². The largest absolute Gasteiger partial charge is 0.416 e. The molecule has 0 saturated carbocycles. The summed E-state index contributed by atoms with van der Waals surface area (Å²) >= 11 is 0. The second-order valence-electron chi connectivity index (χ2n) is 12.0. The summed E-state index contributed by atoms with van der Waals surface area (Å²) in [6.45, 7) is 5.83. The zero-order chi connectivity index (χ0) is 36.9. The number of rotatable bonds is 13. The van der Waals surface area contributed by atoms with Crippen molar-refractivity contribution in [3.8, 4) is 11.1 Å². The number of nitrogens with zero attached hydrogens (tertiary/aromatic N) is 4. The van der Waals surface area contributed by atoms with Crippen LogP contribution in [0.3, 0.4) is 0 Å². The highest BCUT2D eigenvalue weighted by molar-refractivity contribution is 5.82. The van der Waals surface area contributed by atoms with Crippen molar-refractivity contribution in [1.29, 1.82) is 0 Å². The average Bonchev–Trinajstić information content (AvgIpc) is 3.11. The number of alkyl halides is 3. The molecule has 0 saturated heterocycles.